The second-order valence-electron chi connectivity index (χ2n) is 9.87. The van der Waals surface area contributed by atoms with Crippen molar-refractivity contribution in [2.45, 2.75) is 50.0 Å². The van der Waals surface area contributed by atoms with Crippen molar-refractivity contribution in [3.8, 4) is 5.75 Å². The Morgan fingerprint density at radius 2 is 1.97 bits per heavy atom. The van der Waals surface area contributed by atoms with E-state index >= 15 is 0 Å². The van der Waals surface area contributed by atoms with Crippen LogP contribution in [-0.2, 0) is 21.3 Å². The van der Waals surface area contributed by atoms with Crippen LogP contribution in [0.1, 0.15) is 43.2 Å². The van der Waals surface area contributed by atoms with Crippen LogP contribution in [0.25, 0.3) is 0 Å². The monoisotopic (exact) mass is 451 g/mol. The smallest absolute Gasteiger partial charge is 0.139 e. The summed E-state index contributed by atoms with van der Waals surface area (Å²) in [4.78, 5) is 6.99. The van der Waals surface area contributed by atoms with E-state index in [-0.39, 0.29) is 0 Å². The molecule has 0 unspecified atom stereocenters. The van der Waals surface area contributed by atoms with Gasteiger partial charge in [-0.05, 0) is 68.5 Å². The van der Waals surface area contributed by atoms with Gasteiger partial charge in [0.2, 0.25) is 0 Å². The van der Waals surface area contributed by atoms with Crippen molar-refractivity contribution in [1.82, 2.24) is 9.88 Å². The van der Waals surface area contributed by atoms with Crippen LogP contribution in [-0.4, -0.2) is 63.1 Å². The quantitative estimate of drug-likeness (QED) is 0.565. The van der Waals surface area contributed by atoms with E-state index in [9.17, 15) is 0 Å². The molecule has 0 spiro atoms. The van der Waals surface area contributed by atoms with Crippen LogP contribution < -0.4 is 10.1 Å². The van der Waals surface area contributed by atoms with Crippen molar-refractivity contribution < 1.29 is 14.2 Å². The number of benzene rings is 1. The first-order valence-electron chi connectivity index (χ1n) is 12.4. The lowest BCUT2D eigenvalue weighted by atomic mass is 9.52. The number of nitrogens with one attached hydrogen (secondary N) is 1. The Morgan fingerprint density at radius 3 is 2.88 bits per heavy atom. The molecule has 1 aromatic carbocycles. The summed E-state index contributed by atoms with van der Waals surface area (Å²) >= 11 is 0. The lowest BCUT2D eigenvalue weighted by Crippen LogP contribution is -2.59. The third kappa shape index (κ3) is 4.61. The van der Waals surface area contributed by atoms with Gasteiger partial charge in [0.05, 0.1) is 37.9 Å². The molecule has 2 bridgehead atoms. The zero-order valence-corrected chi connectivity index (χ0v) is 20.0. The number of ether oxygens (including phenoxy) is 3. The van der Waals surface area contributed by atoms with Gasteiger partial charge in [-0.3, -0.25) is 4.98 Å². The standard InChI is InChI=1S/C27H37N3O3/c1-30-10-9-27-8-4-3-5-24(27)26(30)15-20-6-7-21(17-25(20)27)29-22-16-23(19-28-18-22)33-14-13-32-12-11-31-2/h6-7,16-19,24,26,29H,3-5,8-15H2,1-2H3/t24-,26+,27+/m0/s1. The second-order valence-corrected chi connectivity index (χ2v) is 9.87. The SMILES string of the molecule is COCCOCCOc1cncc(Nc2ccc3c(c2)[C@@]24CCCC[C@H]2[C@@H](C3)N(C)CC4)c1. The van der Waals surface area contributed by atoms with E-state index in [2.05, 4.69) is 40.4 Å². The highest BCUT2D eigenvalue weighted by molar-refractivity contribution is 5.63. The number of fused-ring (bicyclic) bond motifs is 1. The number of hydrogen-bond acceptors (Lipinski definition) is 6. The molecule has 1 saturated heterocycles. The lowest BCUT2D eigenvalue weighted by molar-refractivity contribution is 0.00290. The van der Waals surface area contributed by atoms with Gasteiger partial charge in [0.1, 0.15) is 12.4 Å². The number of aromatic nitrogens is 1. The number of anilines is 2. The maximum atomic E-state index is 5.82. The first-order valence-corrected chi connectivity index (χ1v) is 12.4. The Balaban J connectivity index is 1.30. The summed E-state index contributed by atoms with van der Waals surface area (Å²) in [5.74, 6) is 1.55. The van der Waals surface area contributed by atoms with Crippen molar-refractivity contribution in [1.29, 1.82) is 0 Å². The van der Waals surface area contributed by atoms with Gasteiger partial charge >= 0.3 is 0 Å². The molecule has 178 valence electrons. The highest BCUT2D eigenvalue weighted by atomic mass is 16.5. The fraction of sp³-hybridized carbons (Fsp3) is 0.593. The first-order chi connectivity index (χ1) is 16.2. The number of methoxy groups -OCH3 is 1. The predicted molar refractivity (Wildman–Crippen MR) is 131 cm³/mol. The summed E-state index contributed by atoms with van der Waals surface area (Å²) in [5.41, 5.74) is 5.62. The molecule has 0 amide bonds. The number of nitrogens with zero attached hydrogens (tertiary/aromatic N) is 2. The van der Waals surface area contributed by atoms with Gasteiger partial charge in [0.25, 0.3) is 0 Å². The first kappa shape index (κ1) is 22.6. The highest BCUT2D eigenvalue weighted by Gasteiger charge is 2.52. The van der Waals surface area contributed by atoms with Crippen LogP contribution in [0.4, 0.5) is 11.4 Å². The number of likely N-dealkylation sites (tertiary alicyclic amines) is 1. The van der Waals surface area contributed by atoms with Gasteiger partial charge in [0, 0.05) is 30.3 Å². The van der Waals surface area contributed by atoms with E-state index in [1.54, 1.807) is 24.4 Å². The molecule has 3 atom stereocenters. The molecule has 2 aromatic rings. The van der Waals surface area contributed by atoms with Crippen molar-refractivity contribution in [2.24, 2.45) is 5.92 Å². The number of piperidine rings is 1. The summed E-state index contributed by atoms with van der Waals surface area (Å²) < 4.78 is 16.3. The Kier molecular flexibility index (Phi) is 6.86. The van der Waals surface area contributed by atoms with Crippen LogP contribution >= 0.6 is 0 Å². The predicted octanol–water partition coefficient (Wildman–Crippen LogP) is 4.56. The molecule has 1 aliphatic heterocycles. The molecule has 1 N–H and O–H groups in total. The third-order valence-electron chi connectivity index (χ3n) is 8.04. The number of rotatable bonds is 9. The molecule has 0 radical (unpaired) electrons. The van der Waals surface area contributed by atoms with Gasteiger partial charge in [-0.25, -0.2) is 0 Å². The molecule has 2 heterocycles. The zero-order valence-electron chi connectivity index (χ0n) is 20.0. The Hall–Kier alpha value is -2.15. The number of hydrogen-bond donors (Lipinski definition) is 1. The molecule has 5 rings (SSSR count). The van der Waals surface area contributed by atoms with E-state index < -0.39 is 0 Å². The van der Waals surface area contributed by atoms with E-state index in [0.29, 0.717) is 37.9 Å². The molecule has 2 aliphatic carbocycles. The third-order valence-corrected chi connectivity index (χ3v) is 8.04. The summed E-state index contributed by atoms with van der Waals surface area (Å²) in [6.07, 6.45) is 11.6. The fourth-order valence-electron chi connectivity index (χ4n) is 6.47. The Labute approximate surface area is 197 Å². The van der Waals surface area contributed by atoms with Gasteiger partial charge < -0.3 is 24.4 Å². The van der Waals surface area contributed by atoms with E-state index in [1.807, 2.05) is 12.3 Å². The Morgan fingerprint density at radius 1 is 1.06 bits per heavy atom. The topological polar surface area (TPSA) is 55.9 Å². The fourth-order valence-corrected chi connectivity index (χ4v) is 6.47. The van der Waals surface area contributed by atoms with Crippen molar-refractivity contribution in [3.63, 3.8) is 0 Å². The highest BCUT2D eigenvalue weighted by Crippen LogP contribution is 2.55. The van der Waals surface area contributed by atoms with Crippen LogP contribution in [0.5, 0.6) is 5.75 Å². The number of likely N-dealkylation sites (N-methyl/N-ethyl adjacent to an activating group) is 1. The zero-order chi connectivity index (χ0) is 22.7. The number of pyridine rings is 1. The average molecular weight is 452 g/mol. The minimum Gasteiger partial charge on any atom is -0.489 e. The van der Waals surface area contributed by atoms with E-state index in [1.165, 1.54) is 45.1 Å². The largest absolute Gasteiger partial charge is 0.489 e. The van der Waals surface area contributed by atoms with E-state index in [0.717, 1.165) is 23.0 Å². The summed E-state index contributed by atoms with van der Waals surface area (Å²) in [6.45, 7) is 3.42. The molecule has 1 aromatic heterocycles. The second kappa shape index (κ2) is 10.00. The van der Waals surface area contributed by atoms with Gasteiger partial charge in [-0.1, -0.05) is 18.9 Å². The summed E-state index contributed by atoms with van der Waals surface area (Å²) in [5, 5.41) is 3.59. The van der Waals surface area contributed by atoms with Gasteiger partial charge in [-0.2, -0.15) is 0 Å². The summed E-state index contributed by atoms with van der Waals surface area (Å²) in [6, 6.07) is 9.75. The molecular formula is C27H37N3O3. The van der Waals surface area contributed by atoms with Crippen LogP contribution in [0.2, 0.25) is 0 Å². The molecule has 2 fully saturated rings. The molecule has 33 heavy (non-hydrogen) atoms. The molecule has 6 nitrogen and oxygen atoms in total. The Bertz CT molecular complexity index is 952. The maximum absolute atomic E-state index is 5.82. The summed E-state index contributed by atoms with van der Waals surface area (Å²) in [7, 11) is 4.00. The van der Waals surface area contributed by atoms with Crippen LogP contribution in [0.15, 0.2) is 36.7 Å². The van der Waals surface area contributed by atoms with Gasteiger partial charge in [0.15, 0.2) is 0 Å². The molecule has 6 heteroatoms. The minimum atomic E-state index is 0.368. The van der Waals surface area contributed by atoms with Crippen molar-refractivity contribution >= 4 is 11.4 Å². The van der Waals surface area contributed by atoms with Crippen molar-refractivity contribution in [3.05, 3.63) is 47.8 Å². The van der Waals surface area contributed by atoms with Gasteiger partial charge in [-0.15, -0.1) is 0 Å². The average Bonchev–Trinajstić information content (AvgIpc) is 2.84. The van der Waals surface area contributed by atoms with Crippen LogP contribution in [0.3, 0.4) is 0 Å². The molecule has 1 saturated carbocycles. The van der Waals surface area contributed by atoms with Crippen molar-refractivity contribution in [2.75, 3.05) is 52.4 Å². The molecular weight excluding hydrogens is 414 g/mol. The lowest BCUT2D eigenvalue weighted by Gasteiger charge is -2.58. The molecule has 3 aliphatic rings. The van der Waals surface area contributed by atoms with Crippen LogP contribution in [0, 0.1) is 5.92 Å². The maximum Gasteiger partial charge on any atom is 0.139 e. The normalized spacial score (nSPS) is 26.4. The van der Waals surface area contributed by atoms with E-state index in [4.69, 9.17) is 14.2 Å². The minimum absolute atomic E-state index is 0.368.